The summed E-state index contributed by atoms with van der Waals surface area (Å²) in [4.78, 5) is 13.5. The summed E-state index contributed by atoms with van der Waals surface area (Å²) < 4.78 is 0. The Balaban J connectivity index is 2.73. The summed E-state index contributed by atoms with van der Waals surface area (Å²) in [5, 5.41) is 12.5. The van der Waals surface area contributed by atoms with E-state index in [2.05, 4.69) is 24.1 Å². The zero-order valence-corrected chi connectivity index (χ0v) is 10.1. The Morgan fingerprint density at radius 2 is 2.00 bits per heavy atom. The Morgan fingerprint density at radius 3 is 2.33 bits per heavy atom. The second-order valence-electron chi connectivity index (χ2n) is 5.00. The van der Waals surface area contributed by atoms with Crippen molar-refractivity contribution in [1.29, 1.82) is 0 Å². The van der Waals surface area contributed by atoms with E-state index >= 15 is 0 Å². The monoisotopic (exact) mass is 214 g/mol. The van der Waals surface area contributed by atoms with Crippen LogP contribution in [-0.4, -0.2) is 46.7 Å². The van der Waals surface area contributed by atoms with Gasteiger partial charge in [0.25, 0.3) is 0 Å². The molecule has 1 fully saturated rings. The first-order valence-electron chi connectivity index (χ1n) is 5.62. The largest absolute Gasteiger partial charge is 0.480 e. The fourth-order valence-electron chi connectivity index (χ4n) is 2.19. The van der Waals surface area contributed by atoms with Crippen LogP contribution in [0.25, 0.3) is 0 Å². The molecule has 0 aromatic rings. The van der Waals surface area contributed by atoms with E-state index in [1.807, 2.05) is 13.8 Å². The zero-order valence-electron chi connectivity index (χ0n) is 10.1. The first-order chi connectivity index (χ1) is 6.87. The minimum atomic E-state index is -0.738. The number of aliphatic carboxylic acids is 1. The highest BCUT2D eigenvalue weighted by molar-refractivity contribution is 5.79. The van der Waals surface area contributed by atoms with E-state index in [0.29, 0.717) is 19.0 Å². The maximum absolute atomic E-state index is 11.3. The van der Waals surface area contributed by atoms with Gasteiger partial charge in [0.2, 0.25) is 0 Å². The van der Waals surface area contributed by atoms with Crippen LogP contribution in [0.5, 0.6) is 0 Å². The molecule has 15 heavy (non-hydrogen) atoms. The molecular weight excluding hydrogens is 192 g/mol. The number of hydrogen-bond donors (Lipinski definition) is 2. The van der Waals surface area contributed by atoms with Crippen molar-refractivity contribution in [2.24, 2.45) is 0 Å². The molecule has 1 rings (SSSR count). The first-order valence-corrected chi connectivity index (χ1v) is 5.62. The number of rotatable bonds is 4. The minimum absolute atomic E-state index is 0.202. The maximum atomic E-state index is 11.3. The lowest BCUT2D eigenvalue weighted by molar-refractivity contribution is -0.144. The number of carboxylic acids is 1. The van der Waals surface area contributed by atoms with Gasteiger partial charge in [-0.3, -0.25) is 15.0 Å². The molecule has 0 bridgehead atoms. The van der Waals surface area contributed by atoms with Crippen molar-refractivity contribution < 1.29 is 9.90 Å². The van der Waals surface area contributed by atoms with Crippen molar-refractivity contribution in [2.45, 2.75) is 51.7 Å². The van der Waals surface area contributed by atoms with E-state index < -0.39 is 11.5 Å². The van der Waals surface area contributed by atoms with Gasteiger partial charge < -0.3 is 5.11 Å². The minimum Gasteiger partial charge on any atom is -0.480 e. The summed E-state index contributed by atoms with van der Waals surface area (Å²) >= 11 is 0. The second-order valence-corrected chi connectivity index (χ2v) is 5.00. The predicted molar refractivity (Wildman–Crippen MR) is 60.0 cm³/mol. The molecule has 88 valence electrons. The Labute approximate surface area is 91.6 Å². The molecule has 0 radical (unpaired) electrons. The molecule has 1 saturated heterocycles. The van der Waals surface area contributed by atoms with Crippen LogP contribution in [0.4, 0.5) is 0 Å². The quantitative estimate of drug-likeness (QED) is 0.731. The van der Waals surface area contributed by atoms with Crippen molar-refractivity contribution in [3.05, 3.63) is 0 Å². The normalized spacial score (nSPS) is 27.9. The molecule has 4 nitrogen and oxygen atoms in total. The summed E-state index contributed by atoms with van der Waals surface area (Å²) in [6.07, 6.45) is 0.693. The second kappa shape index (κ2) is 4.49. The van der Waals surface area contributed by atoms with E-state index in [0.717, 1.165) is 6.54 Å². The lowest BCUT2D eigenvalue weighted by Crippen LogP contribution is -2.56. The van der Waals surface area contributed by atoms with Gasteiger partial charge in [0, 0.05) is 25.2 Å². The van der Waals surface area contributed by atoms with Crippen molar-refractivity contribution in [2.75, 3.05) is 13.1 Å². The maximum Gasteiger partial charge on any atom is 0.325 e. The van der Waals surface area contributed by atoms with E-state index in [9.17, 15) is 9.90 Å². The lowest BCUT2D eigenvalue weighted by atomic mass is 9.98. The van der Waals surface area contributed by atoms with Gasteiger partial charge >= 0.3 is 5.97 Å². The third kappa shape index (κ3) is 2.69. The molecule has 0 amide bonds. The molecule has 0 spiro atoms. The average molecular weight is 214 g/mol. The predicted octanol–water partition coefficient (Wildman–Crippen LogP) is 0.922. The smallest absolute Gasteiger partial charge is 0.325 e. The van der Waals surface area contributed by atoms with Crippen molar-refractivity contribution in [1.82, 2.24) is 10.2 Å². The number of hydrogen-bond acceptors (Lipinski definition) is 3. The van der Waals surface area contributed by atoms with Gasteiger partial charge in [-0.2, -0.15) is 0 Å². The third-order valence-electron chi connectivity index (χ3n) is 3.00. The molecular formula is C11H22N2O2. The van der Waals surface area contributed by atoms with Crippen molar-refractivity contribution in [3.63, 3.8) is 0 Å². The van der Waals surface area contributed by atoms with Crippen LogP contribution in [0.2, 0.25) is 0 Å². The first kappa shape index (κ1) is 12.5. The number of nitrogens with one attached hydrogen (secondary N) is 1. The highest BCUT2D eigenvalue weighted by Crippen LogP contribution is 2.24. The van der Waals surface area contributed by atoms with Crippen LogP contribution in [0.15, 0.2) is 0 Å². The van der Waals surface area contributed by atoms with Gasteiger partial charge in [-0.15, -0.1) is 0 Å². The Morgan fingerprint density at radius 1 is 1.40 bits per heavy atom. The summed E-state index contributed by atoms with van der Waals surface area (Å²) in [6.45, 7) is 9.66. The number of nitrogens with zero attached hydrogens (tertiary/aromatic N) is 1. The van der Waals surface area contributed by atoms with E-state index in [4.69, 9.17) is 0 Å². The molecule has 0 aliphatic carbocycles. The van der Waals surface area contributed by atoms with E-state index in [1.165, 1.54) is 0 Å². The van der Waals surface area contributed by atoms with Crippen LogP contribution >= 0.6 is 0 Å². The van der Waals surface area contributed by atoms with Crippen LogP contribution < -0.4 is 5.32 Å². The summed E-state index contributed by atoms with van der Waals surface area (Å²) in [7, 11) is 0. The Hall–Kier alpha value is -0.610. The molecule has 1 atom stereocenters. The van der Waals surface area contributed by atoms with Crippen LogP contribution in [0.1, 0.15) is 34.1 Å². The van der Waals surface area contributed by atoms with Gasteiger partial charge in [-0.25, -0.2) is 0 Å². The van der Waals surface area contributed by atoms with E-state index in [-0.39, 0.29) is 6.04 Å². The molecule has 1 heterocycles. The van der Waals surface area contributed by atoms with Gasteiger partial charge in [-0.05, 0) is 34.1 Å². The zero-order chi connectivity index (χ0) is 11.6. The van der Waals surface area contributed by atoms with Crippen molar-refractivity contribution >= 4 is 5.97 Å². The Bertz CT molecular complexity index is 241. The number of carboxylic acid groups (broad SMARTS) is 1. The molecule has 0 saturated carbocycles. The van der Waals surface area contributed by atoms with Crippen LogP contribution in [0, 0.1) is 0 Å². The summed E-state index contributed by atoms with van der Waals surface area (Å²) in [5.41, 5.74) is -0.738. The molecule has 4 heteroatoms. The summed E-state index contributed by atoms with van der Waals surface area (Å²) in [6, 6.07) is 0.619. The molecule has 1 aliphatic rings. The standard InChI is InChI=1S/C11H22N2O2/c1-8(2)12-11(10(14)15)5-6-13(7-11)9(3)4/h8-9,12H,5-7H2,1-4H3,(H,14,15). The lowest BCUT2D eigenvalue weighted by Gasteiger charge is -2.29. The topological polar surface area (TPSA) is 52.6 Å². The number of likely N-dealkylation sites (tertiary alicyclic amines) is 1. The van der Waals surface area contributed by atoms with Crippen LogP contribution in [0.3, 0.4) is 0 Å². The van der Waals surface area contributed by atoms with Gasteiger partial charge in [0.1, 0.15) is 5.54 Å². The molecule has 1 unspecified atom stereocenters. The van der Waals surface area contributed by atoms with Gasteiger partial charge in [0.15, 0.2) is 0 Å². The molecule has 0 aromatic heterocycles. The number of carbonyl (C=O) groups is 1. The van der Waals surface area contributed by atoms with Gasteiger partial charge in [-0.1, -0.05) is 0 Å². The fourth-order valence-corrected chi connectivity index (χ4v) is 2.19. The Kier molecular flexibility index (Phi) is 3.73. The molecule has 2 N–H and O–H groups in total. The molecule has 0 aromatic carbocycles. The average Bonchev–Trinajstić information content (AvgIpc) is 2.48. The van der Waals surface area contributed by atoms with Crippen LogP contribution in [-0.2, 0) is 4.79 Å². The highest BCUT2D eigenvalue weighted by Gasteiger charge is 2.45. The SMILES string of the molecule is CC(C)NC1(C(=O)O)CCN(C(C)C)C1. The van der Waals surface area contributed by atoms with Gasteiger partial charge in [0.05, 0.1) is 0 Å². The third-order valence-corrected chi connectivity index (χ3v) is 3.00. The van der Waals surface area contributed by atoms with E-state index in [1.54, 1.807) is 0 Å². The summed E-state index contributed by atoms with van der Waals surface area (Å²) in [5.74, 6) is -0.723. The molecule has 1 aliphatic heterocycles. The fraction of sp³-hybridized carbons (Fsp3) is 0.909. The van der Waals surface area contributed by atoms with Crippen molar-refractivity contribution in [3.8, 4) is 0 Å². The highest BCUT2D eigenvalue weighted by atomic mass is 16.4.